The number of nitrogens with zero attached hydrogens (tertiary/aromatic N) is 5. The lowest BCUT2D eigenvalue weighted by Crippen LogP contribution is -2.34. The predicted octanol–water partition coefficient (Wildman–Crippen LogP) is 20.4. The maximum atomic E-state index is 6.84. The number of hydrogen-bond donors (Lipinski definition) is 1. The second-order valence-electron chi connectivity index (χ2n) is 24.2. The molecule has 1 N–H and O–H groups in total. The first-order chi connectivity index (χ1) is 43.5. The molecule has 3 fully saturated rings. The average molecular weight is 1180 g/mol. The largest absolute Gasteiger partial charge is 0.354 e. The number of aromatic amines is 1. The minimum Gasteiger partial charge on any atom is -0.354 e. The van der Waals surface area contributed by atoms with E-state index in [4.69, 9.17) is 11.6 Å². The molecule has 3 aliphatic rings. The molecule has 444 valence electrons. The first-order valence-corrected chi connectivity index (χ1v) is 32.9. The van der Waals surface area contributed by atoms with Crippen LogP contribution in [0, 0.1) is 6.92 Å². The maximum Gasteiger partial charge on any atom is 0.0644 e. The fourth-order valence-electron chi connectivity index (χ4n) is 15.0. The van der Waals surface area contributed by atoms with Crippen molar-refractivity contribution in [1.29, 1.82) is 0 Å². The van der Waals surface area contributed by atoms with Crippen LogP contribution in [-0.2, 0) is 13.1 Å². The molecule has 0 bridgehead atoms. The van der Waals surface area contributed by atoms with Crippen LogP contribution in [0.25, 0.3) is 66.5 Å². The second-order valence-corrected chi connectivity index (χ2v) is 24.6. The van der Waals surface area contributed by atoms with Gasteiger partial charge in [-0.25, -0.2) is 0 Å². The number of halogens is 1. The molecule has 0 amide bonds. The number of aromatic nitrogens is 3. The highest BCUT2D eigenvalue weighted by atomic mass is 35.5. The lowest BCUT2D eigenvalue weighted by atomic mass is 9.90. The van der Waals surface area contributed by atoms with Crippen LogP contribution in [-0.4, -0.2) is 68.1 Å². The minimum absolute atomic E-state index is 0.141. The molecule has 15 rings (SSSR count). The van der Waals surface area contributed by atoms with Crippen molar-refractivity contribution in [2.24, 2.45) is 0 Å². The van der Waals surface area contributed by atoms with Crippen molar-refractivity contribution in [2.75, 3.05) is 39.3 Å². The predicted molar refractivity (Wildman–Crippen MR) is 371 cm³/mol. The summed E-state index contributed by atoms with van der Waals surface area (Å²) in [7, 11) is 0. The molecule has 3 aromatic heterocycles. The van der Waals surface area contributed by atoms with Gasteiger partial charge in [-0.15, -0.1) is 0 Å². The summed E-state index contributed by atoms with van der Waals surface area (Å²) in [6.45, 7) is 15.5. The fraction of sp³-hybridized carbons (Fsp3) is 0.259. The first kappa shape index (κ1) is 58.8. The van der Waals surface area contributed by atoms with Crippen molar-refractivity contribution < 1.29 is 0 Å². The first-order valence-electron chi connectivity index (χ1n) is 32.6. The van der Waals surface area contributed by atoms with Gasteiger partial charge in [-0.05, 0) is 162 Å². The van der Waals surface area contributed by atoms with E-state index in [1.54, 1.807) is 0 Å². The van der Waals surface area contributed by atoms with Gasteiger partial charge < -0.3 is 14.1 Å². The number of rotatable bonds is 14. The Morgan fingerprint density at radius 1 is 0.364 bits per heavy atom. The quantitative estimate of drug-likeness (QED) is 0.118. The summed E-state index contributed by atoms with van der Waals surface area (Å²) in [4.78, 5) is 11.8. The molecule has 0 aliphatic carbocycles. The van der Waals surface area contributed by atoms with Crippen LogP contribution in [0.3, 0.4) is 0 Å². The number of piperidine rings is 1. The highest BCUT2D eigenvalue weighted by Crippen LogP contribution is 2.47. The number of H-pyrrole nitrogens is 1. The number of hydrogen-bond acceptors (Lipinski definition) is 3. The number of fused-ring (bicyclic) bond motifs is 3. The maximum absolute atomic E-state index is 6.84. The van der Waals surface area contributed by atoms with E-state index in [-0.39, 0.29) is 18.1 Å². The summed E-state index contributed by atoms with van der Waals surface area (Å²) in [6, 6.07) is 88.2. The van der Waals surface area contributed by atoms with Gasteiger partial charge in [-0.1, -0.05) is 236 Å². The van der Waals surface area contributed by atoms with Crippen LogP contribution >= 0.6 is 11.6 Å². The topological polar surface area (TPSA) is 35.4 Å². The van der Waals surface area contributed by atoms with Gasteiger partial charge in [0, 0.05) is 67.5 Å². The van der Waals surface area contributed by atoms with E-state index in [1.807, 2.05) is 12.1 Å². The third-order valence-electron chi connectivity index (χ3n) is 18.9. The highest BCUT2D eigenvalue weighted by molar-refractivity contribution is 6.31. The standard InChI is InChI=1S/C28H29ClN2.C27H28N2.C26H26N2/c1-2-31-25-18-10-8-16-23(25)26(27(31)21-13-5-3-6-14-21)28(30-19-11-4-12-20-30)22-15-7-9-17-24(22)29;1-2-29-24-18-10-9-17-23(24)25(27(29)22-15-7-4-8-16-22)26(28-19-11-12-20-28)21-13-5-3-6-14-21;1-19-11-5-6-14-21(19)26(28-17-9-10-18-28)24-22-15-7-8-16-23(22)27-25(24)20-12-3-2-4-13-20/h3,5-10,13-18,28H,2,4,11-12,19-20H2,1H3;3-10,13-18,26H,2,11-12,19-20H2,1H3;2-8,11-16,26-27H,9-10,17-18H2,1H3. The Balaban J connectivity index is 0.000000122. The zero-order valence-corrected chi connectivity index (χ0v) is 52.3. The number of nitrogens with one attached hydrogen (secondary N) is 1. The summed E-state index contributed by atoms with van der Waals surface area (Å²) in [5.41, 5.74) is 21.3. The highest BCUT2D eigenvalue weighted by Gasteiger charge is 2.35. The van der Waals surface area contributed by atoms with Gasteiger partial charge in [-0.3, -0.25) is 14.7 Å². The lowest BCUT2D eigenvalue weighted by molar-refractivity contribution is 0.188. The zero-order valence-electron chi connectivity index (χ0n) is 51.5. The third-order valence-corrected chi connectivity index (χ3v) is 19.3. The van der Waals surface area contributed by atoms with E-state index in [2.05, 4.69) is 280 Å². The fourth-order valence-corrected chi connectivity index (χ4v) is 15.2. The molecule has 3 atom stereocenters. The summed E-state index contributed by atoms with van der Waals surface area (Å²) in [5, 5.41) is 4.90. The lowest BCUT2D eigenvalue weighted by Gasteiger charge is -2.36. The summed E-state index contributed by atoms with van der Waals surface area (Å²) in [6.07, 6.45) is 8.94. The number of benzene rings is 9. The van der Waals surface area contributed by atoms with Gasteiger partial charge in [-0.2, -0.15) is 0 Å². The molecule has 7 heteroatoms. The average Bonchev–Trinajstić information content (AvgIpc) is 1.91. The van der Waals surface area contributed by atoms with Crippen LogP contribution in [0.4, 0.5) is 0 Å². The molecular weight excluding hydrogens is 1090 g/mol. The summed E-state index contributed by atoms with van der Waals surface area (Å²) < 4.78 is 4.99. The van der Waals surface area contributed by atoms with Gasteiger partial charge in [0.25, 0.3) is 0 Å². The molecule has 0 saturated carbocycles. The molecule has 3 aliphatic heterocycles. The Bertz CT molecular complexity index is 4220. The molecule has 3 saturated heterocycles. The Morgan fingerprint density at radius 2 is 0.750 bits per heavy atom. The van der Waals surface area contributed by atoms with Crippen molar-refractivity contribution in [3.05, 3.63) is 287 Å². The Labute approximate surface area is 526 Å². The van der Waals surface area contributed by atoms with Crippen molar-refractivity contribution in [1.82, 2.24) is 28.8 Å². The smallest absolute Gasteiger partial charge is 0.0644 e. The van der Waals surface area contributed by atoms with Crippen molar-refractivity contribution >= 4 is 44.3 Å². The van der Waals surface area contributed by atoms with Crippen molar-refractivity contribution in [2.45, 2.75) is 96.9 Å². The third kappa shape index (κ3) is 11.8. The van der Waals surface area contributed by atoms with Gasteiger partial charge >= 0.3 is 0 Å². The summed E-state index contributed by atoms with van der Waals surface area (Å²) in [5.74, 6) is 0. The molecule has 0 spiro atoms. The van der Waals surface area contributed by atoms with Crippen LogP contribution in [0.1, 0.15) is 116 Å². The van der Waals surface area contributed by atoms with Crippen molar-refractivity contribution in [3.8, 4) is 33.8 Å². The Kier molecular flexibility index (Phi) is 18.3. The van der Waals surface area contributed by atoms with E-state index < -0.39 is 0 Å². The molecule has 88 heavy (non-hydrogen) atoms. The van der Waals surface area contributed by atoms with Gasteiger partial charge in [0.1, 0.15) is 0 Å². The normalized spacial score (nSPS) is 15.9. The SMILES string of the molecule is CCn1c(-c2ccccc2)c(C(c2ccccc2)N2CCCC2)c2ccccc21.CCn1c(-c2ccccc2)c(C(c2ccccc2Cl)N2CCCCC2)c2ccccc21.Cc1ccccc1C(c1c(-c2ccccc2)[nH]c2ccccc12)N1CCCC1. The van der Waals surface area contributed by atoms with Gasteiger partial charge in [0.05, 0.1) is 35.2 Å². The Hall–Kier alpha value is -8.23. The van der Waals surface area contributed by atoms with Crippen LogP contribution in [0.15, 0.2) is 243 Å². The molecule has 3 unspecified atom stereocenters. The van der Waals surface area contributed by atoms with Gasteiger partial charge in [0.2, 0.25) is 0 Å². The Morgan fingerprint density at radius 3 is 1.26 bits per heavy atom. The molecule has 12 aromatic rings. The molecule has 0 radical (unpaired) electrons. The van der Waals surface area contributed by atoms with E-state index in [9.17, 15) is 0 Å². The zero-order chi connectivity index (χ0) is 59.8. The number of aryl methyl sites for hydroxylation is 3. The van der Waals surface area contributed by atoms with Crippen molar-refractivity contribution in [3.63, 3.8) is 0 Å². The monoisotopic (exact) mass is 1170 g/mol. The van der Waals surface area contributed by atoms with Crippen LogP contribution in [0.5, 0.6) is 0 Å². The second kappa shape index (κ2) is 27.4. The number of para-hydroxylation sites is 3. The van der Waals surface area contributed by atoms with E-state index in [1.165, 1.54) is 163 Å². The summed E-state index contributed by atoms with van der Waals surface area (Å²) >= 11 is 6.84. The van der Waals surface area contributed by atoms with E-state index >= 15 is 0 Å². The van der Waals surface area contributed by atoms with E-state index in [0.29, 0.717) is 0 Å². The van der Waals surface area contributed by atoms with Crippen LogP contribution in [0.2, 0.25) is 5.02 Å². The molecule has 6 heterocycles. The van der Waals surface area contributed by atoms with Crippen LogP contribution < -0.4 is 0 Å². The molecule has 9 aromatic carbocycles. The van der Waals surface area contributed by atoms with Gasteiger partial charge in [0.15, 0.2) is 0 Å². The molecular formula is C81H83ClN6. The molecule has 6 nitrogen and oxygen atoms in total. The van der Waals surface area contributed by atoms with E-state index in [0.717, 1.165) is 44.3 Å². The number of likely N-dealkylation sites (tertiary alicyclic amines) is 3. The minimum atomic E-state index is 0.141.